The smallest absolute Gasteiger partial charge is 0.137 e. The van der Waals surface area contributed by atoms with Crippen molar-refractivity contribution in [1.82, 2.24) is 4.57 Å². The van der Waals surface area contributed by atoms with Gasteiger partial charge in [0.25, 0.3) is 0 Å². The number of hydrogen-bond donors (Lipinski definition) is 1. The lowest BCUT2D eigenvalue weighted by atomic mass is 10.0. The van der Waals surface area contributed by atoms with Gasteiger partial charge in [-0.1, -0.05) is 84.9 Å². The number of rotatable bonds is 5. The molecule has 0 bridgehead atoms. The van der Waals surface area contributed by atoms with E-state index in [9.17, 15) is 0 Å². The highest BCUT2D eigenvalue weighted by molar-refractivity contribution is 6.17. The van der Waals surface area contributed by atoms with Gasteiger partial charge in [-0.05, 0) is 59.2 Å². The predicted octanol–water partition coefficient (Wildman–Crippen LogP) is 9.57. The van der Waals surface area contributed by atoms with Crippen LogP contribution in [-0.2, 0) is 6.54 Å². The third-order valence-electron chi connectivity index (χ3n) is 8.31. The largest absolute Gasteiger partial charge is 0.456 e. The quantitative estimate of drug-likeness (QED) is 0.220. The van der Waals surface area contributed by atoms with Gasteiger partial charge in [0.05, 0.1) is 22.4 Å². The van der Waals surface area contributed by atoms with E-state index in [-0.39, 0.29) is 0 Å². The molecule has 2 aromatic heterocycles. The molecule has 0 radical (unpaired) electrons. The molecule has 0 amide bonds. The van der Waals surface area contributed by atoms with Crippen LogP contribution in [-0.4, -0.2) is 11.6 Å². The average molecular weight is 544 g/mol. The van der Waals surface area contributed by atoms with E-state index in [4.69, 9.17) is 10.2 Å². The predicted molar refractivity (Wildman–Crippen MR) is 176 cm³/mol. The number of hydrogen-bond acceptors (Lipinski definition) is 3. The minimum absolute atomic E-state index is 0.769. The van der Waals surface area contributed by atoms with Crippen molar-refractivity contribution in [3.05, 3.63) is 139 Å². The van der Waals surface area contributed by atoms with E-state index in [2.05, 4.69) is 126 Å². The highest BCUT2D eigenvalue weighted by Crippen LogP contribution is 2.39. The fourth-order valence-electron chi connectivity index (χ4n) is 6.29. The maximum Gasteiger partial charge on any atom is 0.137 e. The van der Waals surface area contributed by atoms with E-state index in [1.807, 2.05) is 24.3 Å². The Kier molecular flexibility index (Phi) is 5.54. The number of nitrogens with zero attached hydrogens (tertiary/aromatic N) is 2. The summed E-state index contributed by atoms with van der Waals surface area (Å²) in [5.74, 6) is 0. The third kappa shape index (κ3) is 3.92. The number of anilines is 2. The SMILES string of the molecule is CN(Cc1ccccc1)c1cc(-c2cccc(-n3c4ccccc4c4cc5c(cc43)oc3ccccc35)c2)ccc1N. The van der Waals surface area contributed by atoms with Crippen molar-refractivity contribution in [2.45, 2.75) is 6.54 Å². The Hall–Kier alpha value is -5.48. The molecule has 0 atom stereocenters. The second-order valence-corrected chi connectivity index (χ2v) is 11.0. The number of aromatic nitrogens is 1. The summed E-state index contributed by atoms with van der Waals surface area (Å²) < 4.78 is 8.65. The number of fused-ring (bicyclic) bond motifs is 6. The highest BCUT2D eigenvalue weighted by Gasteiger charge is 2.17. The molecule has 0 fully saturated rings. The van der Waals surface area contributed by atoms with Crippen LogP contribution < -0.4 is 10.6 Å². The zero-order valence-electron chi connectivity index (χ0n) is 23.3. The molecule has 8 rings (SSSR count). The van der Waals surface area contributed by atoms with E-state index >= 15 is 0 Å². The van der Waals surface area contributed by atoms with Crippen molar-refractivity contribution in [3.63, 3.8) is 0 Å². The normalized spacial score (nSPS) is 11.6. The first-order valence-electron chi connectivity index (χ1n) is 14.2. The molecule has 0 unspecified atom stereocenters. The number of nitrogen functional groups attached to an aromatic ring is 1. The van der Waals surface area contributed by atoms with Crippen LogP contribution in [0, 0.1) is 0 Å². The van der Waals surface area contributed by atoms with Gasteiger partial charge >= 0.3 is 0 Å². The van der Waals surface area contributed by atoms with Crippen molar-refractivity contribution in [1.29, 1.82) is 0 Å². The molecule has 0 spiro atoms. The average Bonchev–Trinajstić information content (AvgIpc) is 3.55. The van der Waals surface area contributed by atoms with Gasteiger partial charge in [-0.2, -0.15) is 0 Å². The zero-order valence-corrected chi connectivity index (χ0v) is 23.3. The molecule has 2 N–H and O–H groups in total. The molecule has 8 aromatic rings. The maximum absolute atomic E-state index is 6.47. The standard InChI is InChI=1S/C38H29N3O/c1-40(24-25-10-3-2-4-11-25)36-21-27(18-19-33(36)39)26-12-9-13-28(20-26)41-34-16-7-5-14-29(34)31-22-32-30-15-6-8-17-37(30)42-38(32)23-35(31)41/h2-23H,24,39H2,1H3. The summed E-state index contributed by atoms with van der Waals surface area (Å²) in [5.41, 5.74) is 17.0. The molecule has 6 aromatic carbocycles. The maximum atomic E-state index is 6.47. The number of nitrogens with two attached hydrogens (primary N) is 1. The minimum Gasteiger partial charge on any atom is -0.456 e. The van der Waals surface area contributed by atoms with Crippen LogP contribution in [0.4, 0.5) is 11.4 Å². The van der Waals surface area contributed by atoms with Gasteiger partial charge in [-0.25, -0.2) is 0 Å². The number of para-hydroxylation sites is 2. The summed E-state index contributed by atoms with van der Waals surface area (Å²) in [4.78, 5) is 2.21. The summed E-state index contributed by atoms with van der Waals surface area (Å²) in [5, 5.41) is 4.73. The lowest BCUT2D eigenvalue weighted by molar-refractivity contribution is 0.669. The summed E-state index contributed by atoms with van der Waals surface area (Å²) in [6, 6.07) is 46.9. The first-order chi connectivity index (χ1) is 20.6. The van der Waals surface area contributed by atoms with E-state index in [1.165, 1.54) is 21.9 Å². The first kappa shape index (κ1) is 24.3. The third-order valence-corrected chi connectivity index (χ3v) is 8.31. The molecular formula is C38H29N3O. The Morgan fingerprint density at radius 3 is 2.24 bits per heavy atom. The summed E-state index contributed by atoms with van der Waals surface area (Å²) in [7, 11) is 2.09. The second-order valence-electron chi connectivity index (χ2n) is 11.0. The van der Waals surface area contributed by atoms with E-state index in [1.54, 1.807) is 0 Å². The fourth-order valence-corrected chi connectivity index (χ4v) is 6.29. The van der Waals surface area contributed by atoms with Gasteiger partial charge in [-0.15, -0.1) is 0 Å². The molecule has 202 valence electrons. The molecule has 0 aliphatic heterocycles. The molecule has 2 heterocycles. The van der Waals surface area contributed by atoms with Crippen LogP contribution in [0.15, 0.2) is 138 Å². The molecule has 0 aliphatic rings. The van der Waals surface area contributed by atoms with Gasteiger partial charge in [-0.3, -0.25) is 0 Å². The summed E-state index contributed by atoms with van der Waals surface area (Å²) in [6.07, 6.45) is 0. The number of furan rings is 1. The van der Waals surface area contributed by atoms with Gasteiger partial charge < -0.3 is 19.6 Å². The molecule has 0 saturated carbocycles. The van der Waals surface area contributed by atoms with E-state index in [0.29, 0.717) is 0 Å². The van der Waals surface area contributed by atoms with Crippen LogP contribution in [0.25, 0.3) is 60.6 Å². The van der Waals surface area contributed by atoms with Gasteiger partial charge in [0.1, 0.15) is 11.2 Å². The van der Waals surface area contributed by atoms with Crippen molar-refractivity contribution in [2.24, 2.45) is 0 Å². The van der Waals surface area contributed by atoms with Gasteiger partial charge in [0.2, 0.25) is 0 Å². The van der Waals surface area contributed by atoms with Crippen molar-refractivity contribution in [2.75, 3.05) is 17.7 Å². The topological polar surface area (TPSA) is 47.3 Å². The molecule has 4 heteroatoms. The first-order valence-corrected chi connectivity index (χ1v) is 14.2. The zero-order chi connectivity index (χ0) is 28.2. The van der Waals surface area contributed by atoms with Crippen LogP contribution in [0.5, 0.6) is 0 Å². The molecule has 42 heavy (non-hydrogen) atoms. The Balaban J connectivity index is 1.27. The van der Waals surface area contributed by atoms with Crippen molar-refractivity contribution < 1.29 is 4.42 Å². The minimum atomic E-state index is 0.769. The summed E-state index contributed by atoms with van der Waals surface area (Å²) in [6.45, 7) is 0.784. The van der Waals surface area contributed by atoms with E-state index in [0.717, 1.165) is 62.2 Å². The van der Waals surface area contributed by atoms with E-state index < -0.39 is 0 Å². The lowest BCUT2D eigenvalue weighted by Crippen LogP contribution is -2.17. The van der Waals surface area contributed by atoms with Crippen molar-refractivity contribution >= 4 is 55.1 Å². The van der Waals surface area contributed by atoms with Crippen LogP contribution in [0.3, 0.4) is 0 Å². The van der Waals surface area contributed by atoms with Crippen LogP contribution in [0.1, 0.15) is 5.56 Å². The Morgan fingerprint density at radius 2 is 1.36 bits per heavy atom. The van der Waals surface area contributed by atoms with Crippen LogP contribution >= 0.6 is 0 Å². The molecule has 0 aliphatic carbocycles. The Morgan fingerprint density at radius 1 is 0.595 bits per heavy atom. The monoisotopic (exact) mass is 543 g/mol. The Labute approximate surface area is 243 Å². The fraction of sp³-hybridized carbons (Fsp3) is 0.0526. The molecule has 0 saturated heterocycles. The lowest BCUT2D eigenvalue weighted by Gasteiger charge is -2.22. The van der Waals surface area contributed by atoms with Gasteiger partial charge in [0.15, 0.2) is 0 Å². The Bertz CT molecular complexity index is 2260. The second kappa shape index (κ2) is 9.57. The van der Waals surface area contributed by atoms with Crippen molar-refractivity contribution in [3.8, 4) is 16.8 Å². The number of benzene rings is 6. The molecular weight excluding hydrogens is 514 g/mol. The summed E-state index contributed by atoms with van der Waals surface area (Å²) >= 11 is 0. The molecule has 4 nitrogen and oxygen atoms in total. The van der Waals surface area contributed by atoms with Crippen LogP contribution in [0.2, 0.25) is 0 Å². The highest BCUT2D eigenvalue weighted by atomic mass is 16.3. The van der Waals surface area contributed by atoms with Gasteiger partial charge in [0, 0.05) is 46.9 Å².